The van der Waals surface area contributed by atoms with Crippen molar-refractivity contribution < 1.29 is 9.13 Å². The van der Waals surface area contributed by atoms with E-state index in [2.05, 4.69) is 5.32 Å². The predicted octanol–water partition coefficient (Wildman–Crippen LogP) is 1.95. The van der Waals surface area contributed by atoms with Gasteiger partial charge in [0.2, 0.25) is 0 Å². The summed E-state index contributed by atoms with van der Waals surface area (Å²) < 4.78 is 17.7. The Morgan fingerprint density at radius 2 is 2.00 bits per heavy atom. The van der Waals surface area contributed by atoms with Crippen molar-refractivity contribution in [3.05, 3.63) is 35.6 Å². The molecule has 0 aliphatic carbocycles. The van der Waals surface area contributed by atoms with Gasteiger partial charge in [-0.05, 0) is 24.6 Å². The number of benzene rings is 1. The van der Waals surface area contributed by atoms with Gasteiger partial charge in [-0.3, -0.25) is 0 Å². The maximum absolute atomic E-state index is 12.5. The molecule has 3 heteroatoms. The Balaban J connectivity index is 2.15. The fourth-order valence-electron chi connectivity index (χ4n) is 1.12. The molecule has 0 aromatic heterocycles. The monoisotopic (exact) mass is 197 g/mol. The molecule has 0 aliphatic rings. The van der Waals surface area contributed by atoms with E-state index in [-0.39, 0.29) is 5.82 Å². The van der Waals surface area contributed by atoms with Gasteiger partial charge in [-0.1, -0.05) is 12.1 Å². The number of hydrogen-bond donors (Lipinski definition) is 1. The zero-order valence-corrected chi connectivity index (χ0v) is 8.42. The van der Waals surface area contributed by atoms with Gasteiger partial charge in [-0.2, -0.15) is 0 Å². The Labute approximate surface area is 84.1 Å². The molecule has 0 heterocycles. The van der Waals surface area contributed by atoms with Crippen LogP contribution in [0.25, 0.3) is 0 Å². The topological polar surface area (TPSA) is 21.3 Å². The van der Waals surface area contributed by atoms with Crippen molar-refractivity contribution in [2.45, 2.75) is 13.5 Å². The van der Waals surface area contributed by atoms with Crippen LogP contribution in [-0.4, -0.2) is 19.8 Å². The molecule has 0 amide bonds. The summed E-state index contributed by atoms with van der Waals surface area (Å²) in [4.78, 5) is 0. The van der Waals surface area contributed by atoms with E-state index in [0.29, 0.717) is 0 Å². The molecule has 0 fully saturated rings. The summed E-state index contributed by atoms with van der Waals surface area (Å²) in [7, 11) is 0. The van der Waals surface area contributed by atoms with Crippen molar-refractivity contribution in [2.75, 3.05) is 19.8 Å². The number of nitrogens with one attached hydrogen (secondary N) is 1. The van der Waals surface area contributed by atoms with Gasteiger partial charge in [0.05, 0.1) is 6.61 Å². The van der Waals surface area contributed by atoms with E-state index in [0.717, 1.165) is 31.9 Å². The summed E-state index contributed by atoms with van der Waals surface area (Å²) in [5.41, 5.74) is 1.09. The lowest BCUT2D eigenvalue weighted by molar-refractivity contribution is 0.149. The first-order valence-corrected chi connectivity index (χ1v) is 4.86. The highest BCUT2D eigenvalue weighted by molar-refractivity contribution is 5.15. The molecule has 0 aliphatic heterocycles. The molecule has 0 bridgehead atoms. The molecule has 1 rings (SSSR count). The fourth-order valence-corrected chi connectivity index (χ4v) is 1.12. The zero-order valence-electron chi connectivity index (χ0n) is 8.42. The summed E-state index contributed by atoms with van der Waals surface area (Å²) in [6.45, 7) is 5.02. The first kappa shape index (κ1) is 11.1. The molecule has 0 radical (unpaired) electrons. The molecule has 1 N–H and O–H groups in total. The number of rotatable bonds is 6. The predicted molar refractivity (Wildman–Crippen MR) is 54.6 cm³/mol. The van der Waals surface area contributed by atoms with Crippen LogP contribution in [0.4, 0.5) is 4.39 Å². The highest BCUT2D eigenvalue weighted by atomic mass is 19.1. The van der Waals surface area contributed by atoms with E-state index in [9.17, 15) is 4.39 Å². The SMILES string of the molecule is CCOCCNCc1ccc(F)cc1. The minimum Gasteiger partial charge on any atom is -0.380 e. The fraction of sp³-hybridized carbons (Fsp3) is 0.455. The van der Waals surface area contributed by atoms with Gasteiger partial charge in [0.25, 0.3) is 0 Å². The lowest BCUT2D eigenvalue weighted by Crippen LogP contribution is -2.19. The van der Waals surface area contributed by atoms with Gasteiger partial charge < -0.3 is 10.1 Å². The number of halogens is 1. The van der Waals surface area contributed by atoms with Crippen LogP contribution >= 0.6 is 0 Å². The van der Waals surface area contributed by atoms with E-state index in [1.165, 1.54) is 12.1 Å². The summed E-state index contributed by atoms with van der Waals surface area (Å²) in [6, 6.07) is 6.51. The summed E-state index contributed by atoms with van der Waals surface area (Å²) in [5, 5.41) is 3.21. The second-order valence-electron chi connectivity index (χ2n) is 3.00. The largest absolute Gasteiger partial charge is 0.380 e. The van der Waals surface area contributed by atoms with Gasteiger partial charge in [0.15, 0.2) is 0 Å². The first-order valence-electron chi connectivity index (χ1n) is 4.86. The molecule has 0 saturated carbocycles. The first-order chi connectivity index (χ1) is 6.83. The molecular weight excluding hydrogens is 181 g/mol. The smallest absolute Gasteiger partial charge is 0.123 e. The van der Waals surface area contributed by atoms with E-state index >= 15 is 0 Å². The molecule has 0 unspecified atom stereocenters. The lowest BCUT2D eigenvalue weighted by atomic mass is 10.2. The third-order valence-corrected chi connectivity index (χ3v) is 1.87. The average molecular weight is 197 g/mol. The van der Waals surface area contributed by atoms with Gasteiger partial charge in [-0.15, -0.1) is 0 Å². The van der Waals surface area contributed by atoms with Crippen molar-refractivity contribution in [3.63, 3.8) is 0 Å². The second-order valence-corrected chi connectivity index (χ2v) is 3.00. The minimum absolute atomic E-state index is 0.192. The quantitative estimate of drug-likeness (QED) is 0.704. The minimum atomic E-state index is -0.192. The molecule has 1 aromatic carbocycles. The van der Waals surface area contributed by atoms with Crippen LogP contribution in [0.1, 0.15) is 12.5 Å². The number of hydrogen-bond acceptors (Lipinski definition) is 2. The molecule has 1 aromatic rings. The van der Waals surface area contributed by atoms with Crippen molar-refractivity contribution in [1.29, 1.82) is 0 Å². The van der Waals surface area contributed by atoms with Crippen LogP contribution in [0.2, 0.25) is 0 Å². The number of ether oxygens (including phenoxy) is 1. The zero-order chi connectivity index (χ0) is 10.2. The van der Waals surface area contributed by atoms with Crippen LogP contribution in [0.3, 0.4) is 0 Å². The van der Waals surface area contributed by atoms with Crippen LogP contribution in [0.15, 0.2) is 24.3 Å². The molecule has 0 saturated heterocycles. The Morgan fingerprint density at radius 1 is 1.29 bits per heavy atom. The van der Waals surface area contributed by atoms with Gasteiger partial charge in [0, 0.05) is 19.7 Å². The third kappa shape index (κ3) is 4.35. The van der Waals surface area contributed by atoms with E-state index in [1.807, 2.05) is 6.92 Å². The van der Waals surface area contributed by atoms with Gasteiger partial charge in [-0.25, -0.2) is 4.39 Å². The van der Waals surface area contributed by atoms with Crippen LogP contribution in [-0.2, 0) is 11.3 Å². The molecule has 14 heavy (non-hydrogen) atoms. The Kier molecular flexibility index (Phi) is 5.19. The van der Waals surface area contributed by atoms with E-state index < -0.39 is 0 Å². The molecule has 0 atom stereocenters. The third-order valence-electron chi connectivity index (χ3n) is 1.87. The highest BCUT2D eigenvalue weighted by Gasteiger charge is 1.93. The van der Waals surface area contributed by atoms with Crippen molar-refractivity contribution in [1.82, 2.24) is 5.32 Å². The highest BCUT2D eigenvalue weighted by Crippen LogP contribution is 2.01. The normalized spacial score (nSPS) is 10.4. The average Bonchev–Trinajstić information content (AvgIpc) is 2.21. The molecule has 78 valence electrons. The second kappa shape index (κ2) is 6.51. The van der Waals surface area contributed by atoms with E-state index in [1.54, 1.807) is 12.1 Å². The van der Waals surface area contributed by atoms with Gasteiger partial charge >= 0.3 is 0 Å². The standard InChI is InChI=1S/C11H16FNO/c1-2-14-8-7-13-9-10-3-5-11(12)6-4-10/h3-6,13H,2,7-9H2,1H3. The lowest BCUT2D eigenvalue weighted by Gasteiger charge is -2.04. The van der Waals surface area contributed by atoms with Crippen LogP contribution in [0.5, 0.6) is 0 Å². The molecular formula is C11H16FNO. The maximum Gasteiger partial charge on any atom is 0.123 e. The summed E-state index contributed by atoms with van der Waals surface area (Å²) >= 11 is 0. The van der Waals surface area contributed by atoms with Crippen molar-refractivity contribution >= 4 is 0 Å². The summed E-state index contributed by atoms with van der Waals surface area (Å²) in [5.74, 6) is -0.192. The Bertz CT molecular complexity index is 248. The van der Waals surface area contributed by atoms with E-state index in [4.69, 9.17) is 4.74 Å². The van der Waals surface area contributed by atoms with Crippen LogP contribution in [0, 0.1) is 5.82 Å². The van der Waals surface area contributed by atoms with Crippen LogP contribution < -0.4 is 5.32 Å². The Hall–Kier alpha value is -0.930. The van der Waals surface area contributed by atoms with Crippen molar-refractivity contribution in [3.8, 4) is 0 Å². The maximum atomic E-state index is 12.5. The molecule has 0 spiro atoms. The Morgan fingerprint density at radius 3 is 2.64 bits per heavy atom. The molecule has 2 nitrogen and oxygen atoms in total. The summed E-state index contributed by atoms with van der Waals surface area (Å²) in [6.07, 6.45) is 0. The van der Waals surface area contributed by atoms with Gasteiger partial charge in [0.1, 0.15) is 5.82 Å². The van der Waals surface area contributed by atoms with Crippen molar-refractivity contribution in [2.24, 2.45) is 0 Å².